The first-order valence-electron chi connectivity index (χ1n) is 6.58. The van der Waals surface area contributed by atoms with E-state index in [0.29, 0.717) is 4.90 Å². The summed E-state index contributed by atoms with van der Waals surface area (Å²) in [6.07, 6.45) is -4.46. The molecular formula is C14H19F3N3O2+. The molecule has 1 unspecified atom stereocenters. The molecule has 0 bridgehead atoms. The van der Waals surface area contributed by atoms with Crippen LogP contribution in [0.25, 0.3) is 0 Å². The number of alkyl halides is 3. The van der Waals surface area contributed by atoms with Gasteiger partial charge in [0.15, 0.2) is 13.1 Å². The number of nitrogens with one attached hydrogen (secondary N) is 2. The van der Waals surface area contributed by atoms with Crippen LogP contribution in [0.15, 0.2) is 24.3 Å². The number of benzene rings is 1. The second kappa shape index (κ2) is 7.26. The van der Waals surface area contributed by atoms with E-state index < -0.39 is 17.6 Å². The lowest BCUT2D eigenvalue weighted by molar-refractivity contribution is -0.862. The van der Waals surface area contributed by atoms with E-state index in [2.05, 4.69) is 5.32 Å². The molecule has 1 aromatic rings. The van der Waals surface area contributed by atoms with Crippen LogP contribution < -0.4 is 10.2 Å². The van der Waals surface area contributed by atoms with E-state index >= 15 is 0 Å². The van der Waals surface area contributed by atoms with Gasteiger partial charge in [-0.3, -0.25) is 9.59 Å². The van der Waals surface area contributed by atoms with Gasteiger partial charge in [-0.25, -0.2) is 0 Å². The summed E-state index contributed by atoms with van der Waals surface area (Å²) in [5.74, 6) is -0.590. The number of carbonyl (C=O) groups is 2. The van der Waals surface area contributed by atoms with Crippen molar-refractivity contribution in [2.45, 2.75) is 6.18 Å². The third-order valence-corrected chi connectivity index (χ3v) is 2.89. The van der Waals surface area contributed by atoms with Crippen molar-refractivity contribution in [2.24, 2.45) is 0 Å². The van der Waals surface area contributed by atoms with E-state index in [9.17, 15) is 22.8 Å². The first kappa shape index (κ1) is 18.0. The van der Waals surface area contributed by atoms with Crippen molar-refractivity contribution in [3.63, 3.8) is 0 Å². The highest BCUT2D eigenvalue weighted by Crippen LogP contribution is 2.30. The molecule has 0 heterocycles. The third-order valence-electron chi connectivity index (χ3n) is 2.89. The van der Waals surface area contributed by atoms with Crippen LogP contribution in [0.2, 0.25) is 0 Å². The number of rotatable bonds is 5. The Morgan fingerprint density at radius 3 is 2.41 bits per heavy atom. The molecule has 1 rings (SSSR count). The van der Waals surface area contributed by atoms with E-state index in [1.54, 1.807) is 21.1 Å². The second-order valence-corrected chi connectivity index (χ2v) is 5.23. The Kier molecular flexibility index (Phi) is 5.92. The Morgan fingerprint density at radius 1 is 1.23 bits per heavy atom. The average Bonchev–Trinajstić information content (AvgIpc) is 2.37. The van der Waals surface area contributed by atoms with E-state index in [-0.39, 0.29) is 24.7 Å². The summed E-state index contributed by atoms with van der Waals surface area (Å²) in [5.41, 5.74) is -0.750. The molecule has 0 aliphatic carbocycles. The zero-order valence-corrected chi connectivity index (χ0v) is 12.6. The number of carbonyl (C=O) groups excluding carboxylic acids is 2. The fourth-order valence-corrected chi connectivity index (χ4v) is 1.73. The summed E-state index contributed by atoms with van der Waals surface area (Å²) < 4.78 is 37.7. The number of anilines is 1. The number of halogens is 3. The molecule has 122 valence electrons. The predicted molar refractivity (Wildman–Crippen MR) is 75.4 cm³/mol. The van der Waals surface area contributed by atoms with Crippen molar-refractivity contribution < 1.29 is 27.7 Å². The molecule has 5 nitrogen and oxygen atoms in total. The van der Waals surface area contributed by atoms with Crippen molar-refractivity contribution in [2.75, 3.05) is 39.5 Å². The molecular weight excluding hydrogens is 299 g/mol. The van der Waals surface area contributed by atoms with Crippen LogP contribution in [0.1, 0.15) is 5.56 Å². The minimum atomic E-state index is -4.46. The highest BCUT2D eigenvalue weighted by molar-refractivity contribution is 5.91. The fraction of sp³-hybridized carbons (Fsp3) is 0.429. The zero-order valence-electron chi connectivity index (χ0n) is 12.6. The van der Waals surface area contributed by atoms with Gasteiger partial charge >= 0.3 is 6.18 Å². The zero-order chi connectivity index (χ0) is 16.9. The molecule has 22 heavy (non-hydrogen) atoms. The van der Waals surface area contributed by atoms with Crippen LogP contribution >= 0.6 is 0 Å². The Balaban J connectivity index is 2.60. The van der Waals surface area contributed by atoms with Gasteiger partial charge in [-0.05, 0) is 18.2 Å². The third kappa shape index (κ3) is 5.72. The van der Waals surface area contributed by atoms with Gasteiger partial charge in [0.05, 0.1) is 12.6 Å². The van der Waals surface area contributed by atoms with Crippen LogP contribution in [0, 0.1) is 0 Å². The maximum absolute atomic E-state index is 12.6. The monoisotopic (exact) mass is 318 g/mol. The second-order valence-electron chi connectivity index (χ2n) is 5.23. The smallest absolute Gasteiger partial charge is 0.344 e. The van der Waals surface area contributed by atoms with Crippen molar-refractivity contribution in [1.29, 1.82) is 0 Å². The molecule has 0 aromatic heterocycles. The van der Waals surface area contributed by atoms with Crippen LogP contribution in [-0.4, -0.2) is 50.9 Å². The molecule has 1 atom stereocenters. The molecule has 0 aliphatic rings. The van der Waals surface area contributed by atoms with Gasteiger partial charge in [-0.2, -0.15) is 13.2 Å². The number of nitrogens with zero attached hydrogens (tertiary/aromatic N) is 1. The summed E-state index contributed by atoms with van der Waals surface area (Å²) in [6.45, 7) is 0.110. The fourth-order valence-electron chi connectivity index (χ4n) is 1.73. The number of likely N-dealkylation sites (N-methyl/N-ethyl adjacent to an activating group) is 2. The predicted octanol–water partition coefficient (Wildman–Crippen LogP) is 0.247. The van der Waals surface area contributed by atoms with Crippen molar-refractivity contribution >= 4 is 17.5 Å². The quantitative estimate of drug-likeness (QED) is 0.818. The number of hydrogen-bond acceptors (Lipinski definition) is 2. The summed E-state index contributed by atoms with van der Waals surface area (Å²) in [5, 5.41) is 2.40. The van der Waals surface area contributed by atoms with Gasteiger partial charge in [0, 0.05) is 19.8 Å². The lowest BCUT2D eigenvalue weighted by Gasteiger charge is -2.16. The molecule has 0 aliphatic heterocycles. The lowest BCUT2D eigenvalue weighted by Crippen LogP contribution is -3.11. The molecule has 0 saturated heterocycles. The average molecular weight is 318 g/mol. The van der Waals surface area contributed by atoms with Crippen molar-refractivity contribution in [1.82, 2.24) is 4.90 Å². The lowest BCUT2D eigenvalue weighted by atomic mass is 10.2. The van der Waals surface area contributed by atoms with Gasteiger partial charge in [0.2, 0.25) is 0 Å². The van der Waals surface area contributed by atoms with Gasteiger partial charge in [-0.15, -0.1) is 0 Å². The maximum atomic E-state index is 12.6. The van der Waals surface area contributed by atoms with Crippen LogP contribution in [0.3, 0.4) is 0 Å². The Hall–Kier alpha value is -2.09. The molecule has 1 aromatic carbocycles. The van der Waals surface area contributed by atoms with Gasteiger partial charge < -0.3 is 15.1 Å². The Morgan fingerprint density at radius 2 is 1.86 bits per heavy atom. The summed E-state index contributed by atoms with van der Waals surface area (Å²) in [6, 6.07) is 4.42. The Bertz CT molecular complexity index is 544. The molecule has 0 saturated carbocycles. The number of hydrogen-bond donors (Lipinski definition) is 2. The largest absolute Gasteiger partial charge is 0.416 e. The topological polar surface area (TPSA) is 53.9 Å². The minimum Gasteiger partial charge on any atom is -0.344 e. The molecule has 0 radical (unpaired) electrons. The minimum absolute atomic E-state index is 0.0180. The summed E-state index contributed by atoms with van der Waals surface area (Å²) in [4.78, 5) is 25.3. The van der Waals surface area contributed by atoms with Gasteiger partial charge in [0.1, 0.15) is 0 Å². The van der Waals surface area contributed by atoms with E-state index in [1.165, 1.54) is 17.0 Å². The standard InChI is InChI=1S/C14H18F3N3O2/c1-19(2)13(22)9-20(3)8-12(21)18-11-6-4-5-10(7-11)14(15,16)17/h4-7H,8-9H2,1-3H3,(H,18,21)/p+1. The summed E-state index contributed by atoms with van der Waals surface area (Å²) in [7, 11) is 4.88. The maximum Gasteiger partial charge on any atom is 0.416 e. The molecule has 2 amide bonds. The van der Waals surface area contributed by atoms with E-state index in [1.807, 2.05) is 0 Å². The molecule has 8 heteroatoms. The highest BCUT2D eigenvalue weighted by atomic mass is 19.4. The first-order chi connectivity index (χ1) is 10.1. The van der Waals surface area contributed by atoms with Gasteiger partial charge in [0.25, 0.3) is 11.8 Å². The Labute approximate surface area is 126 Å². The molecule has 2 N–H and O–H groups in total. The van der Waals surface area contributed by atoms with Gasteiger partial charge in [-0.1, -0.05) is 6.07 Å². The number of quaternary nitrogens is 1. The van der Waals surface area contributed by atoms with Crippen LogP contribution in [0.5, 0.6) is 0 Å². The van der Waals surface area contributed by atoms with Crippen LogP contribution in [-0.2, 0) is 15.8 Å². The van der Waals surface area contributed by atoms with E-state index in [4.69, 9.17) is 0 Å². The van der Waals surface area contributed by atoms with Crippen LogP contribution in [0.4, 0.5) is 18.9 Å². The number of amides is 2. The molecule has 0 fully saturated rings. The SMILES string of the molecule is CN(C)C(=O)C[NH+](C)CC(=O)Nc1cccc(C(F)(F)F)c1. The van der Waals surface area contributed by atoms with Crippen molar-refractivity contribution in [3.05, 3.63) is 29.8 Å². The normalized spacial score (nSPS) is 12.6. The van der Waals surface area contributed by atoms with Crippen molar-refractivity contribution in [3.8, 4) is 0 Å². The highest BCUT2D eigenvalue weighted by Gasteiger charge is 2.30. The van der Waals surface area contributed by atoms with E-state index in [0.717, 1.165) is 12.1 Å². The first-order valence-corrected chi connectivity index (χ1v) is 6.58. The summed E-state index contributed by atoms with van der Waals surface area (Å²) >= 11 is 0. The molecule has 0 spiro atoms.